The maximum atomic E-state index is 13.8. The SMILES string of the molecule is COc1ccc(Cl)cc1N(CC(=O)N/N=C\c1ccc(OC)c(OC)c1OC)S(=O)(=O)c1ccc(C)c([N+](=O)[O-])c1. The van der Waals surface area contributed by atoms with Crippen LogP contribution in [0.1, 0.15) is 11.1 Å². The second-order valence-corrected chi connectivity index (χ2v) is 10.5. The van der Waals surface area contributed by atoms with E-state index < -0.39 is 38.0 Å². The summed E-state index contributed by atoms with van der Waals surface area (Å²) >= 11 is 6.14. The van der Waals surface area contributed by atoms with Crippen molar-refractivity contribution in [2.75, 3.05) is 39.3 Å². The van der Waals surface area contributed by atoms with E-state index >= 15 is 0 Å². The first kappa shape index (κ1) is 31.0. The van der Waals surface area contributed by atoms with Crippen molar-refractivity contribution >= 4 is 45.1 Å². The smallest absolute Gasteiger partial charge is 0.273 e. The molecule has 0 atom stereocenters. The van der Waals surface area contributed by atoms with Gasteiger partial charge >= 0.3 is 0 Å². The fraction of sp³-hybridized carbons (Fsp3) is 0.231. The Morgan fingerprint density at radius 2 is 1.66 bits per heavy atom. The number of nitro benzene ring substituents is 1. The van der Waals surface area contributed by atoms with Crippen LogP contribution in [0.15, 0.2) is 58.5 Å². The average Bonchev–Trinajstić information content (AvgIpc) is 2.95. The molecular formula is C26H27ClN4O9S. The summed E-state index contributed by atoms with van der Waals surface area (Å²) in [5.74, 6) is 0.263. The number of hydrogen-bond donors (Lipinski definition) is 1. The summed E-state index contributed by atoms with van der Waals surface area (Å²) in [6.07, 6.45) is 1.28. The van der Waals surface area contributed by atoms with Gasteiger partial charge in [0.05, 0.1) is 50.2 Å². The molecule has 0 aliphatic heterocycles. The van der Waals surface area contributed by atoms with E-state index in [-0.39, 0.29) is 22.0 Å². The lowest BCUT2D eigenvalue weighted by molar-refractivity contribution is -0.385. The van der Waals surface area contributed by atoms with E-state index in [9.17, 15) is 23.3 Å². The summed E-state index contributed by atoms with van der Waals surface area (Å²) in [6, 6.07) is 10.9. The highest BCUT2D eigenvalue weighted by molar-refractivity contribution is 7.92. The summed E-state index contributed by atoms with van der Waals surface area (Å²) in [5, 5.41) is 15.6. The minimum Gasteiger partial charge on any atom is -0.495 e. The molecule has 0 radical (unpaired) electrons. The number of benzene rings is 3. The molecule has 0 heterocycles. The van der Waals surface area contributed by atoms with Crippen LogP contribution >= 0.6 is 11.6 Å². The number of hydrazone groups is 1. The van der Waals surface area contributed by atoms with Crippen molar-refractivity contribution in [2.24, 2.45) is 5.10 Å². The van der Waals surface area contributed by atoms with Gasteiger partial charge in [-0.05, 0) is 43.3 Å². The Morgan fingerprint density at radius 3 is 2.27 bits per heavy atom. The predicted octanol–water partition coefficient (Wildman–Crippen LogP) is 3.94. The molecule has 0 spiro atoms. The van der Waals surface area contributed by atoms with Gasteiger partial charge < -0.3 is 18.9 Å². The monoisotopic (exact) mass is 606 g/mol. The second-order valence-electron chi connectivity index (χ2n) is 8.25. The molecule has 218 valence electrons. The molecule has 15 heteroatoms. The summed E-state index contributed by atoms with van der Waals surface area (Å²) in [5.41, 5.74) is 2.50. The summed E-state index contributed by atoms with van der Waals surface area (Å²) in [7, 11) is 1.09. The molecule has 0 bridgehead atoms. The molecule has 0 saturated heterocycles. The zero-order valence-electron chi connectivity index (χ0n) is 22.7. The predicted molar refractivity (Wildman–Crippen MR) is 152 cm³/mol. The van der Waals surface area contributed by atoms with Gasteiger partial charge in [-0.25, -0.2) is 13.8 Å². The third-order valence-corrected chi connectivity index (χ3v) is 7.78. The molecule has 3 aromatic rings. The van der Waals surface area contributed by atoms with Crippen molar-refractivity contribution in [1.29, 1.82) is 0 Å². The number of ether oxygens (including phenoxy) is 4. The van der Waals surface area contributed by atoms with Gasteiger partial charge in [0.1, 0.15) is 12.3 Å². The molecular weight excluding hydrogens is 580 g/mol. The summed E-state index contributed by atoms with van der Waals surface area (Å²) < 4.78 is 49.6. The minimum atomic E-state index is -4.55. The molecule has 0 aliphatic carbocycles. The van der Waals surface area contributed by atoms with E-state index in [1.807, 2.05) is 0 Å². The first-order valence-electron chi connectivity index (χ1n) is 11.7. The topological polar surface area (TPSA) is 159 Å². The van der Waals surface area contributed by atoms with Crippen molar-refractivity contribution in [2.45, 2.75) is 11.8 Å². The van der Waals surface area contributed by atoms with Gasteiger partial charge in [-0.1, -0.05) is 17.7 Å². The number of rotatable bonds is 12. The number of carbonyl (C=O) groups excluding carboxylic acids is 1. The quantitative estimate of drug-likeness (QED) is 0.183. The molecule has 0 aromatic heterocycles. The number of halogens is 1. The van der Waals surface area contributed by atoms with Gasteiger partial charge in [0.15, 0.2) is 11.5 Å². The third kappa shape index (κ3) is 6.78. The van der Waals surface area contributed by atoms with Gasteiger partial charge in [-0.3, -0.25) is 19.2 Å². The molecule has 0 saturated carbocycles. The minimum absolute atomic E-state index is 0.0658. The van der Waals surface area contributed by atoms with Crippen LogP contribution in [0.4, 0.5) is 11.4 Å². The fourth-order valence-corrected chi connectivity index (χ4v) is 5.41. The number of sulfonamides is 1. The first-order valence-corrected chi connectivity index (χ1v) is 13.5. The highest BCUT2D eigenvalue weighted by Gasteiger charge is 2.31. The molecule has 3 aromatic carbocycles. The highest BCUT2D eigenvalue weighted by atomic mass is 35.5. The van der Waals surface area contributed by atoms with Crippen molar-refractivity contribution in [3.63, 3.8) is 0 Å². The van der Waals surface area contributed by atoms with Crippen LogP contribution < -0.4 is 28.7 Å². The van der Waals surface area contributed by atoms with Crippen LogP contribution in [0.3, 0.4) is 0 Å². The average molecular weight is 607 g/mol. The molecule has 13 nitrogen and oxygen atoms in total. The maximum absolute atomic E-state index is 13.8. The molecule has 1 N–H and O–H groups in total. The van der Waals surface area contributed by atoms with Crippen molar-refractivity contribution in [3.8, 4) is 23.0 Å². The molecule has 3 rings (SSSR count). The van der Waals surface area contributed by atoms with Gasteiger partial charge in [-0.2, -0.15) is 5.10 Å². The normalized spacial score (nSPS) is 11.2. The van der Waals surface area contributed by atoms with Crippen molar-refractivity contribution in [1.82, 2.24) is 5.43 Å². The molecule has 0 aliphatic rings. The van der Waals surface area contributed by atoms with Gasteiger partial charge in [-0.15, -0.1) is 0 Å². The Morgan fingerprint density at radius 1 is 1.00 bits per heavy atom. The van der Waals surface area contributed by atoms with E-state index in [0.29, 0.717) is 22.8 Å². The Bertz CT molecular complexity index is 1600. The van der Waals surface area contributed by atoms with Crippen LogP contribution in [-0.2, 0) is 14.8 Å². The van der Waals surface area contributed by atoms with Gasteiger partial charge in [0.2, 0.25) is 5.75 Å². The van der Waals surface area contributed by atoms with E-state index in [1.165, 1.54) is 71.9 Å². The standard InChI is InChI=1S/C26H27ClN4O9S/c1-16-6-9-19(13-20(16)31(33)34)41(35,36)30(21-12-18(27)8-11-22(21)37-2)15-24(32)29-28-14-17-7-10-23(38-3)26(40-5)25(17)39-4/h6-14H,15H2,1-5H3,(H,29,32)/b28-14-. The Balaban J connectivity index is 2.00. The van der Waals surface area contributed by atoms with Crippen molar-refractivity contribution in [3.05, 3.63) is 74.8 Å². The maximum Gasteiger partial charge on any atom is 0.273 e. The lowest BCUT2D eigenvalue weighted by Crippen LogP contribution is -2.39. The highest BCUT2D eigenvalue weighted by Crippen LogP contribution is 2.39. The number of amides is 1. The Labute approximate surface area is 241 Å². The van der Waals surface area contributed by atoms with Crippen LogP contribution in [-0.4, -0.2) is 60.4 Å². The van der Waals surface area contributed by atoms with E-state index in [4.69, 9.17) is 30.5 Å². The van der Waals surface area contributed by atoms with Gasteiger partial charge in [0, 0.05) is 22.2 Å². The van der Waals surface area contributed by atoms with Gasteiger partial charge in [0.25, 0.3) is 21.6 Å². The molecule has 1 amide bonds. The number of hydrogen-bond acceptors (Lipinski definition) is 10. The largest absolute Gasteiger partial charge is 0.495 e. The second kappa shape index (κ2) is 13.2. The Kier molecular flexibility index (Phi) is 9.97. The summed E-state index contributed by atoms with van der Waals surface area (Å²) in [6.45, 7) is 0.701. The summed E-state index contributed by atoms with van der Waals surface area (Å²) in [4.78, 5) is 23.4. The zero-order chi connectivity index (χ0) is 30.3. The lowest BCUT2D eigenvalue weighted by Gasteiger charge is -2.25. The zero-order valence-corrected chi connectivity index (χ0v) is 24.3. The fourth-order valence-electron chi connectivity index (χ4n) is 3.80. The van der Waals surface area contributed by atoms with Crippen LogP contribution in [0, 0.1) is 17.0 Å². The number of carbonyl (C=O) groups is 1. The van der Waals surface area contributed by atoms with Crippen LogP contribution in [0.5, 0.6) is 23.0 Å². The lowest BCUT2D eigenvalue weighted by atomic mass is 10.2. The number of methoxy groups -OCH3 is 4. The number of nitrogens with zero attached hydrogens (tertiary/aromatic N) is 3. The number of nitro groups is 1. The van der Waals surface area contributed by atoms with Crippen LogP contribution in [0.2, 0.25) is 5.02 Å². The van der Waals surface area contributed by atoms with Crippen LogP contribution in [0.25, 0.3) is 0 Å². The third-order valence-electron chi connectivity index (χ3n) is 5.79. The van der Waals surface area contributed by atoms with E-state index in [0.717, 1.165) is 10.4 Å². The number of nitrogens with one attached hydrogen (secondary N) is 1. The first-order chi connectivity index (χ1) is 19.5. The Hall–Kier alpha value is -4.56. The van der Waals surface area contributed by atoms with E-state index in [1.54, 1.807) is 12.1 Å². The molecule has 41 heavy (non-hydrogen) atoms. The molecule has 0 unspecified atom stereocenters. The van der Waals surface area contributed by atoms with E-state index in [2.05, 4.69) is 10.5 Å². The molecule has 0 fully saturated rings. The van der Waals surface area contributed by atoms with Crippen molar-refractivity contribution < 1.29 is 37.1 Å². The number of anilines is 1. The number of aryl methyl sites for hydroxylation is 1.